The van der Waals surface area contributed by atoms with Crippen molar-refractivity contribution in [1.29, 1.82) is 0 Å². The molecule has 0 unspecified atom stereocenters. The van der Waals surface area contributed by atoms with Gasteiger partial charge in [-0.2, -0.15) is 0 Å². The molecular weight excluding hydrogens is 338 g/mol. The summed E-state index contributed by atoms with van der Waals surface area (Å²) in [6.07, 6.45) is 6.04. The lowest BCUT2D eigenvalue weighted by atomic mass is 9.98. The van der Waals surface area contributed by atoms with E-state index in [0.29, 0.717) is 0 Å². The highest BCUT2D eigenvalue weighted by atomic mass is 16.5. The molecule has 4 rings (SSSR count). The molecule has 1 aromatic heterocycles. The molecule has 1 heterocycles. The summed E-state index contributed by atoms with van der Waals surface area (Å²) in [6, 6.07) is 15.9. The first-order valence-corrected chi connectivity index (χ1v) is 9.64. The van der Waals surface area contributed by atoms with Gasteiger partial charge in [0.15, 0.2) is 0 Å². The standard InChI is InChI=1S/C22H25N3O2/c1-25-20-13-6-5-12-19(20)24-22(25)16-8-7-9-17(14-16)23-21(26)15-27-18-10-3-2-4-11-18/h5-9,12-14,18H,2-4,10-11,15H2,1H3,(H,23,26). The van der Waals surface area contributed by atoms with Crippen LogP contribution in [0.25, 0.3) is 22.4 Å². The average Bonchev–Trinajstić information content (AvgIpc) is 3.04. The zero-order valence-corrected chi connectivity index (χ0v) is 15.6. The Morgan fingerprint density at radius 2 is 1.96 bits per heavy atom. The Kier molecular flexibility index (Phi) is 5.21. The first-order valence-electron chi connectivity index (χ1n) is 9.64. The molecule has 1 saturated carbocycles. The topological polar surface area (TPSA) is 56.2 Å². The van der Waals surface area contributed by atoms with Crippen molar-refractivity contribution in [3.8, 4) is 11.4 Å². The molecule has 0 radical (unpaired) electrons. The number of rotatable bonds is 5. The van der Waals surface area contributed by atoms with Crippen molar-refractivity contribution in [3.05, 3.63) is 48.5 Å². The Labute approximate surface area is 159 Å². The van der Waals surface area contributed by atoms with Crippen LogP contribution < -0.4 is 5.32 Å². The summed E-state index contributed by atoms with van der Waals surface area (Å²) >= 11 is 0. The van der Waals surface area contributed by atoms with Gasteiger partial charge in [0.1, 0.15) is 12.4 Å². The number of ether oxygens (including phenoxy) is 1. The van der Waals surface area contributed by atoms with Crippen LogP contribution in [0.2, 0.25) is 0 Å². The van der Waals surface area contributed by atoms with Gasteiger partial charge in [-0.15, -0.1) is 0 Å². The van der Waals surface area contributed by atoms with Gasteiger partial charge < -0.3 is 14.6 Å². The van der Waals surface area contributed by atoms with Crippen LogP contribution in [0.3, 0.4) is 0 Å². The fraction of sp³-hybridized carbons (Fsp3) is 0.364. The number of amides is 1. The summed E-state index contributed by atoms with van der Waals surface area (Å²) in [5, 5.41) is 2.94. The van der Waals surface area contributed by atoms with E-state index >= 15 is 0 Å². The lowest BCUT2D eigenvalue weighted by Gasteiger charge is -2.21. The molecule has 140 valence electrons. The lowest BCUT2D eigenvalue weighted by Crippen LogP contribution is -2.24. The van der Waals surface area contributed by atoms with E-state index in [1.165, 1.54) is 19.3 Å². The highest BCUT2D eigenvalue weighted by molar-refractivity contribution is 5.92. The van der Waals surface area contributed by atoms with Gasteiger partial charge in [0.25, 0.3) is 0 Å². The van der Waals surface area contributed by atoms with Crippen LogP contribution in [0.4, 0.5) is 5.69 Å². The smallest absolute Gasteiger partial charge is 0.250 e. The van der Waals surface area contributed by atoms with Gasteiger partial charge in [0.05, 0.1) is 17.1 Å². The number of para-hydroxylation sites is 2. The zero-order valence-electron chi connectivity index (χ0n) is 15.6. The summed E-state index contributed by atoms with van der Waals surface area (Å²) in [7, 11) is 2.01. The molecule has 5 heteroatoms. The number of anilines is 1. The Hall–Kier alpha value is -2.66. The van der Waals surface area contributed by atoms with Crippen LogP contribution in [0.5, 0.6) is 0 Å². The van der Waals surface area contributed by atoms with Crippen molar-refractivity contribution >= 4 is 22.6 Å². The highest BCUT2D eigenvalue weighted by Crippen LogP contribution is 2.25. The number of nitrogens with zero attached hydrogens (tertiary/aromatic N) is 2. The molecule has 1 fully saturated rings. The van der Waals surface area contributed by atoms with Crippen molar-refractivity contribution in [3.63, 3.8) is 0 Å². The van der Waals surface area contributed by atoms with E-state index in [4.69, 9.17) is 9.72 Å². The number of hydrogen-bond donors (Lipinski definition) is 1. The van der Waals surface area contributed by atoms with Crippen molar-refractivity contribution in [1.82, 2.24) is 9.55 Å². The predicted molar refractivity (Wildman–Crippen MR) is 108 cm³/mol. The fourth-order valence-corrected chi connectivity index (χ4v) is 3.76. The van der Waals surface area contributed by atoms with Crippen LogP contribution >= 0.6 is 0 Å². The van der Waals surface area contributed by atoms with Crippen LogP contribution in [0.15, 0.2) is 48.5 Å². The van der Waals surface area contributed by atoms with E-state index in [9.17, 15) is 4.79 Å². The Bertz CT molecular complexity index is 942. The number of aromatic nitrogens is 2. The number of benzene rings is 2. The van der Waals surface area contributed by atoms with Crippen molar-refractivity contribution < 1.29 is 9.53 Å². The second kappa shape index (κ2) is 7.92. The monoisotopic (exact) mass is 363 g/mol. The summed E-state index contributed by atoms with van der Waals surface area (Å²) in [5.41, 5.74) is 3.78. The number of carbonyl (C=O) groups excluding carboxylic acids is 1. The minimum Gasteiger partial charge on any atom is -0.368 e. The second-order valence-corrected chi connectivity index (χ2v) is 7.18. The normalized spacial score (nSPS) is 15.1. The minimum absolute atomic E-state index is 0.109. The van der Waals surface area contributed by atoms with Crippen molar-refractivity contribution in [2.75, 3.05) is 11.9 Å². The molecule has 1 aliphatic rings. The summed E-state index contributed by atoms with van der Waals surface area (Å²) in [6.45, 7) is 0.112. The first-order chi connectivity index (χ1) is 13.2. The maximum absolute atomic E-state index is 12.3. The van der Waals surface area contributed by atoms with Gasteiger partial charge in [0.2, 0.25) is 5.91 Å². The Balaban J connectivity index is 1.45. The van der Waals surface area contributed by atoms with Gasteiger partial charge in [-0.1, -0.05) is 43.5 Å². The lowest BCUT2D eigenvalue weighted by molar-refractivity contribution is -0.123. The predicted octanol–water partition coefficient (Wildman–Crippen LogP) is 4.53. The Morgan fingerprint density at radius 1 is 1.15 bits per heavy atom. The summed E-state index contributed by atoms with van der Waals surface area (Å²) < 4.78 is 7.83. The van der Waals surface area contributed by atoms with Crippen molar-refractivity contribution in [2.24, 2.45) is 7.05 Å². The molecule has 0 bridgehead atoms. The third kappa shape index (κ3) is 4.03. The molecule has 1 N–H and O–H groups in total. The van der Waals surface area contributed by atoms with Gasteiger partial charge in [0, 0.05) is 18.3 Å². The molecule has 0 atom stereocenters. The van der Waals surface area contributed by atoms with Crippen LogP contribution in [-0.4, -0.2) is 28.2 Å². The molecular formula is C22H25N3O2. The second-order valence-electron chi connectivity index (χ2n) is 7.18. The van der Waals surface area contributed by atoms with E-state index in [-0.39, 0.29) is 18.6 Å². The molecule has 0 saturated heterocycles. The zero-order chi connectivity index (χ0) is 18.6. The number of aryl methyl sites for hydroxylation is 1. The van der Waals surface area contributed by atoms with E-state index in [0.717, 1.165) is 41.0 Å². The SMILES string of the molecule is Cn1c(-c2cccc(NC(=O)COC3CCCCC3)c2)nc2ccccc21. The maximum Gasteiger partial charge on any atom is 0.250 e. The quantitative estimate of drug-likeness (QED) is 0.725. The maximum atomic E-state index is 12.3. The number of hydrogen-bond acceptors (Lipinski definition) is 3. The molecule has 0 aliphatic heterocycles. The van der Waals surface area contributed by atoms with E-state index in [1.54, 1.807) is 0 Å². The van der Waals surface area contributed by atoms with Gasteiger partial charge >= 0.3 is 0 Å². The fourth-order valence-electron chi connectivity index (χ4n) is 3.76. The molecule has 5 nitrogen and oxygen atoms in total. The third-order valence-electron chi connectivity index (χ3n) is 5.19. The number of fused-ring (bicyclic) bond motifs is 1. The summed E-state index contributed by atoms with van der Waals surface area (Å²) in [5.74, 6) is 0.772. The van der Waals surface area contributed by atoms with Crippen LogP contribution in [-0.2, 0) is 16.6 Å². The number of nitrogens with one attached hydrogen (secondary N) is 1. The summed E-state index contributed by atoms with van der Waals surface area (Å²) in [4.78, 5) is 17.0. The average molecular weight is 363 g/mol. The molecule has 1 amide bonds. The van der Waals surface area contributed by atoms with Gasteiger partial charge in [-0.05, 0) is 37.1 Å². The Morgan fingerprint density at radius 3 is 2.78 bits per heavy atom. The highest BCUT2D eigenvalue weighted by Gasteiger charge is 2.15. The first kappa shape index (κ1) is 17.7. The molecule has 0 spiro atoms. The third-order valence-corrected chi connectivity index (χ3v) is 5.19. The van der Waals surface area contributed by atoms with E-state index in [1.807, 2.05) is 49.5 Å². The largest absolute Gasteiger partial charge is 0.368 e. The van der Waals surface area contributed by atoms with Gasteiger partial charge in [-0.25, -0.2) is 4.98 Å². The van der Waals surface area contributed by atoms with Crippen molar-refractivity contribution in [2.45, 2.75) is 38.2 Å². The minimum atomic E-state index is -0.109. The van der Waals surface area contributed by atoms with Crippen LogP contribution in [0.1, 0.15) is 32.1 Å². The molecule has 27 heavy (non-hydrogen) atoms. The molecule has 2 aromatic carbocycles. The van der Waals surface area contributed by atoms with Crippen LogP contribution in [0, 0.1) is 0 Å². The number of imidazole rings is 1. The van der Waals surface area contributed by atoms with E-state index in [2.05, 4.69) is 16.0 Å². The number of carbonyl (C=O) groups is 1. The molecule has 3 aromatic rings. The molecule has 1 aliphatic carbocycles. The van der Waals surface area contributed by atoms with E-state index < -0.39 is 0 Å². The van der Waals surface area contributed by atoms with Gasteiger partial charge in [-0.3, -0.25) is 4.79 Å².